The molecule has 9 heteroatoms. The number of aromatic nitrogens is 2. The normalized spacial score (nSPS) is 10.9. The average Bonchev–Trinajstić information content (AvgIpc) is 3.19. The average molecular weight is 479 g/mol. The molecule has 2 N–H and O–H groups in total. The van der Waals surface area contributed by atoms with Crippen molar-refractivity contribution in [1.82, 2.24) is 9.38 Å². The second-order valence-corrected chi connectivity index (χ2v) is 8.87. The number of fused-ring (bicyclic) bond motifs is 1. The van der Waals surface area contributed by atoms with Crippen molar-refractivity contribution in [2.75, 3.05) is 10.6 Å². The van der Waals surface area contributed by atoms with Crippen LogP contribution in [0.5, 0.6) is 0 Å². The summed E-state index contributed by atoms with van der Waals surface area (Å²) in [5.41, 5.74) is 2.88. The Hall–Kier alpha value is -3.85. The molecule has 0 bridgehead atoms. The number of hydrogen-bond donors (Lipinski definition) is 2. The lowest BCUT2D eigenvalue weighted by atomic mass is 10.1. The van der Waals surface area contributed by atoms with E-state index in [4.69, 9.17) is 0 Å². The Balaban J connectivity index is 1.82. The largest absolute Gasteiger partial charge is 0.321 e. The lowest BCUT2D eigenvalue weighted by molar-refractivity contribution is 0.0989. The zero-order valence-electron chi connectivity index (χ0n) is 18.9. The maximum Gasteiger partial charge on any atom is 0.274 e. The van der Waals surface area contributed by atoms with Gasteiger partial charge in [-0.3, -0.25) is 14.4 Å². The SMILES string of the molecule is CCCc1cc(=O)n2c(C(=O)Nc3ccc(F)cc3)c(C(=O)Nc3cccc(C)c3C)sc2n1. The first-order valence-electron chi connectivity index (χ1n) is 10.8. The summed E-state index contributed by atoms with van der Waals surface area (Å²) in [5.74, 6) is -1.64. The van der Waals surface area contributed by atoms with Gasteiger partial charge in [-0.1, -0.05) is 36.8 Å². The van der Waals surface area contributed by atoms with Crippen molar-refractivity contribution < 1.29 is 14.0 Å². The van der Waals surface area contributed by atoms with Crippen molar-refractivity contribution in [2.45, 2.75) is 33.6 Å². The maximum atomic E-state index is 13.3. The first-order chi connectivity index (χ1) is 16.3. The summed E-state index contributed by atoms with van der Waals surface area (Å²) in [5, 5.41) is 5.50. The van der Waals surface area contributed by atoms with Crippen LogP contribution in [0, 0.1) is 19.7 Å². The van der Waals surface area contributed by atoms with Gasteiger partial charge in [-0.2, -0.15) is 0 Å². The van der Waals surface area contributed by atoms with Gasteiger partial charge in [-0.15, -0.1) is 0 Å². The number of nitrogens with zero attached hydrogens (tertiary/aromatic N) is 2. The third-order valence-corrected chi connectivity index (χ3v) is 6.49. The van der Waals surface area contributed by atoms with Crippen molar-refractivity contribution in [2.24, 2.45) is 0 Å². The molecule has 174 valence electrons. The summed E-state index contributed by atoms with van der Waals surface area (Å²) < 4.78 is 14.4. The van der Waals surface area contributed by atoms with Gasteiger partial charge in [-0.25, -0.2) is 13.8 Å². The number of aryl methyl sites for hydroxylation is 2. The Labute approximate surface area is 199 Å². The van der Waals surface area contributed by atoms with Crippen molar-refractivity contribution in [3.8, 4) is 0 Å². The molecule has 0 radical (unpaired) electrons. The molecular formula is C25H23FN4O3S. The Morgan fingerprint density at radius 2 is 1.79 bits per heavy atom. The van der Waals surface area contributed by atoms with Gasteiger partial charge >= 0.3 is 0 Å². The quantitative estimate of drug-likeness (QED) is 0.409. The number of thiazole rings is 1. The fraction of sp³-hybridized carbons (Fsp3) is 0.200. The number of amides is 2. The van der Waals surface area contributed by atoms with E-state index in [1.165, 1.54) is 30.3 Å². The van der Waals surface area contributed by atoms with E-state index >= 15 is 0 Å². The molecule has 0 aliphatic rings. The first-order valence-corrected chi connectivity index (χ1v) is 11.6. The number of carbonyl (C=O) groups is 2. The molecule has 0 saturated carbocycles. The molecule has 0 atom stereocenters. The molecule has 0 aliphatic carbocycles. The van der Waals surface area contributed by atoms with E-state index in [-0.39, 0.29) is 15.5 Å². The highest BCUT2D eigenvalue weighted by Crippen LogP contribution is 2.26. The second-order valence-electron chi connectivity index (χ2n) is 7.90. The number of hydrogen-bond acceptors (Lipinski definition) is 5. The van der Waals surface area contributed by atoms with Crippen LogP contribution in [0.1, 0.15) is 50.3 Å². The van der Waals surface area contributed by atoms with Crippen LogP contribution in [0.3, 0.4) is 0 Å². The highest BCUT2D eigenvalue weighted by Gasteiger charge is 2.27. The topological polar surface area (TPSA) is 92.6 Å². The van der Waals surface area contributed by atoms with Crippen LogP contribution in [-0.2, 0) is 6.42 Å². The monoisotopic (exact) mass is 478 g/mol. The highest BCUT2D eigenvalue weighted by molar-refractivity contribution is 7.19. The van der Waals surface area contributed by atoms with E-state index < -0.39 is 23.2 Å². The van der Waals surface area contributed by atoms with Crippen LogP contribution in [0.15, 0.2) is 53.3 Å². The lowest BCUT2D eigenvalue weighted by Gasteiger charge is -2.11. The van der Waals surface area contributed by atoms with E-state index in [9.17, 15) is 18.8 Å². The van der Waals surface area contributed by atoms with Crippen molar-refractivity contribution in [1.29, 1.82) is 0 Å². The van der Waals surface area contributed by atoms with Gasteiger partial charge in [0.25, 0.3) is 17.4 Å². The van der Waals surface area contributed by atoms with Crippen LogP contribution in [0.4, 0.5) is 15.8 Å². The van der Waals surface area contributed by atoms with Crippen LogP contribution in [0.2, 0.25) is 0 Å². The molecule has 4 rings (SSSR count). The minimum Gasteiger partial charge on any atom is -0.321 e. The molecule has 2 aromatic carbocycles. The van der Waals surface area contributed by atoms with E-state index in [0.29, 0.717) is 23.5 Å². The molecule has 4 aromatic rings. The number of anilines is 2. The van der Waals surface area contributed by atoms with Gasteiger partial charge in [0.1, 0.15) is 16.4 Å². The van der Waals surface area contributed by atoms with E-state index in [1.54, 1.807) is 6.07 Å². The molecule has 0 spiro atoms. The summed E-state index contributed by atoms with van der Waals surface area (Å²) in [6, 6.07) is 12.1. The number of benzene rings is 2. The molecule has 0 fully saturated rings. The number of rotatable bonds is 6. The minimum atomic E-state index is -0.670. The summed E-state index contributed by atoms with van der Waals surface area (Å²) >= 11 is 0.976. The Bertz CT molecular complexity index is 1460. The number of halogens is 1. The van der Waals surface area contributed by atoms with E-state index in [0.717, 1.165) is 33.3 Å². The molecule has 0 aliphatic heterocycles. The molecule has 0 saturated heterocycles. The molecule has 2 heterocycles. The van der Waals surface area contributed by atoms with Gasteiger partial charge in [0.05, 0.1) is 0 Å². The lowest BCUT2D eigenvalue weighted by Crippen LogP contribution is -2.25. The van der Waals surface area contributed by atoms with Gasteiger partial charge in [0.15, 0.2) is 4.96 Å². The molecule has 2 amide bonds. The zero-order chi connectivity index (χ0) is 24.4. The molecule has 0 unspecified atom stereocenters. The smallest absolute Gasteiger partial charge is 0.274 e. The van der Waals surface area contributed by atoms with Crippen LogP contribution in [0.25, 0.3) is 4.96 Å². The maximum absolute atomic E-state index is 13.3. The summed E-state index contributed by atoms with van der Waals surface area (Å²) in [6.45, 7) is 5.80. The summed E-state index contributed by atoms with van der Waals surface area (Å²) in [6.07, 6.45) is 1.40. The number of nitrogens with one attached hydrogen (secondary N) is 2. The van der Waals surface area contributed by atoms with Crippen LogP contribution in [-0.4, -0.2) is 21.2 Å². The highest BCUT2D eigenvalue weighted by atomic mass is 32.1. The summed E-state index contributed by atoms with van der Waals surface area (Å²) in [7, 11) is 0. The fourth-order valence-corrected chi connectivity index (χ4v) is 4.60. The van der Waals surface area contributed by atoms with E-state index in [1.807, 2.05) is 32.9 Å². The standard InChI is InChI=1S/C25H23FN4O3S/c1-4-6-18-13-20(31)30-21(23(32)27-17-11-9-16(26)10-12-17)22(34-25(30)28-18)24(33)29-19-8-5-7-14(2)15(19)3/h5,7-13H,4,6H2,1-3H3,(H,27,32)(H,29,33). The van der Waals surface area contributed by atoms with Crippen LogP contribution < -0.4 is 16.2 Å². The van der Waals surface area contributed by atoms with E-state index in [2.05, 4.69) is 15.6 Å². The third kappa shape index (κ3) is 4.60. The van der Waals surface area contributed by atoms with Crippen molar-refractivity contribution in [3.05, 3.63) is 92.1 Å². The van der Waals surface area contributed by atoms with Gasteiger partial charge in [0.2, 0.25) is 0 Å². The Morgan fingerprint density at radius 3 is 2.50 bits per heavy atom. The number of carbonyl (C=O) groups excluding carboxylic acids is 2. The third-order valence-electron chi connectivity index (χ3n) is 5.46. The predicted molar refractivity (Wildman–Crippen MR) is 132 cm³/mol. The molecule has 34 heavy (non-hydrogen) atoms. The second kappa shape index (κ2) is 9.56. The van der Waals surface area contributed by atoms with Gasteiger partial charge in [0, 0.05) is 23.1 Å². The Morgan fingerprint density at radius 1 is 1.06 bits per heavy atom. The van der Waals surface area contributed by atoms with Gasteiger partial charge in [-0.05, 0) is 61.7 Å². The predicted octanol–water partition coefficient (Wildman–Crippen LogP) is 4.97. The molecule has 7 nitrogen and oxygen atoms in total. The fourth-order valence-electron chi connectivity index (χ4n) is 3.55. The summed E-state index contributed by atoms with van der Waals surface area (Å²) in [4.78, 5) is 44.4. The van der Waals surface area contributed by atoms with Crippen molar-refractivity contribution in [3.63, 3.8) is 0 Å². The zero-order valence-corrected chi connectivity index (χ0v) is 19.8. The van der Waals surface area contributed by atoms with Crippen molar-refractivity contribution >= 4 is 39.5 Å². The molecule has 2 aromatic heterocycles. The Kier molecular flexibility index (Phi) is 6.56. The first kappa shape index (κ1) is 23.3. The van der Waals surface area contributed by atoms with Crippen LogP contribution >= 0.6 is 11.3 Å². The minimum absolute atomic E-state index is 0.0544. The van der Waals surface area contributed by atoms with Gasteiger partial charge < -0.3 is 10.6 Å². The molecular weight excluding hydrogens is 455 g/mol.